The van der Waals surface area contributed by atoms with Crippen LogP contribution in [0.1, 0.15) is 0 Å². The molecule has 0 radical (unpaired) electrons. The van der Waals surface area contributed by atoms with E-state index in [1.807, 2.05) is 36.4 Å². The molecule has 88 valence electrons. The number of nitrogen functional groups attached to an aromatic ring is 1. The quantitative estimate of drug-likeness (QED) is 0.642. The summed E-state index contributed by atoms with van der Waals surface area (Å²) in [6.07, 6.45) is 1.67. The van der Waals surface area contributed by atoms with Crippen molar-refractivity contribution in [1.82, 2.24) is 4.98 Å². The Hall–Kier alpha value is -1.88. The maximum Gasteiger partial charge on any atom is 0.137 e. The lowest BCUT2D eigenvalue weighted by Gasteiger charge is -2.05. The van der Waals surface area contributed by atoms with Gasteiger partial charge in [-0.2, -0.15) is 0 Å². The van der Waals surface area contributed by atoms with Gasteiger partial charge in [-0.3, -0.25) is 0 Å². The van der Waals surface area contributed by atoms with E-state index in [0.29, 0.717) is 0 Å². The maximum atomic E-state index is 5.61. The minimum absolute atomic E-state index is 0.744. The highest BCUT2D eigenvalue weighted by molar-refractivity contribution is 8.00. The number of aromatic nitrogens is 1. The smallest absolute Gasteiger partial charge is 0.137 e. The number of nitrogens with zero attached hydrogens (tertiary/aromatic N) is 1. The van der Waals surface area contributed by atoms with Gasteiger partial charge in [-0.15, -0.1) is 0 Å². The molecule has 0 aliphatic rings. The topological polar surface area (TPSA) is 60.2 Å². The van der Waals surface area contributed by atoms with Crippen LogP contribution in [-0.4, -0.2) is 12.1 Å². The third-order valence-corrected chi connectivity index (χ3v) is 2.94. The minimum Gasteiger partial charge on any atom is -0.495 e. The SMILES string of the molecule is COc1ccc(NSc2ccc(N)cc2)nc1. The predicted octanol–water partition coefficient (Wildman–Crippen LogP) is 2.79. The molecule has 17 heavy (non-hydrogen) atoms. The van der Waals surface area contributed by atoms with Gasteiger partial charge < -0.3 is 15.2 Å². The summed E-state index contributed by atoms with van der Waals surface area (Å²) in [6, 6.07) is 11.4. The molecule has 2 aromatic rings. The Morgan fingerprint density at radius 3 is 2.53 bits per heavy atom. The van der Waals surface area contributed by atoms with Crippen LogP contribution in [0.3, 0.4) is 0 Å². The van der Waals surface area contributed by atoms with Crippen LogP contribution >= 0.6 is 11.9 Å². The fraction of sp³-hybridized carbons (Fsp3) is 0.0833. The van der Waals surface area contributed by atoms with Crippen LogP contribution < -0.4 is 15.2 Å². The van der Waals surface area contributed by atoms with Crippen molar-refractivity contribution in [3.8, 4) is 5.75 Å². The van der Waals surface area contributed by atoms with Gasteiger partial charge in [0, 0.05) is 10.6 Å². The highest BCUT2D eigenvalue weighted by Gasteiger charge is 1.97. The molecule has 1 heterocycles. The molecule has 2 rings (SSSR count). The molecule has 0 saturated heterocycles. The Balaban J connectivity index is 1.95. The van der Waals surface area contributed by atoms with Crippen molar-refractivity contribution in [1.29, 1.82) is 0 Å². The van der Waals surface area contributed by atoms with Crippen molar-refractivity contribution in [3.63, 3.8) is 0 Å². The first kappa shape index (κ1) is 11.6. The number of hydrogen-bond acceptors (Lipinski definition) is 5. The fourth-order valence-corrected chi connectivity index (χ4v) is 1.82. The summed E-state index contributed by atoms with van der Waals surface area (Å²) in [4.78, 5) is 5.28. The molecule has 1 aromatic heterocycles. The highest BCUT2D eigenvalue weighted by atomic mass is 32.2. The van der Waals surface area contributed by atoms with E-state index in [1.165, 1.54) is 11.9 Å². The summed E-state index contributed by atoms with van der Waals surface area (Å²) >= 11 is 1.49. The first-order valence-corrected chi connectivity index (χ1v) is 5.88. The van der Waals surface area contributed by atoms with E-state index in [9.17, 15) is 0 Å². The van der Waals surface area contributed by atoms with Gasteiger partial charge >= 0.3 is 0 Å². The molecule has 0 fully saturated rings. The van der Waals surface area contributed by atoms with Crippen LogP contribution in [-0.2, 0) is 0 Å². The van der Waals surface area contributed by atoms with Crippen molar-refractivity contribution >= 4 is 23.5 Å². The fourth-order valence-electron chi connectivity index (χ4n) is 1.21. The van der Waals surface area contributed by atoms with Gasteiger partial charge in [-0.1, -0.05) is 0 Å². The summed E-state index contributed by atoms with van der Waals surface area (Å²) in [5.74, 6) is 1.53. The summed E-state index contributed by atoms with van der Waals surface area (Å²) in [6.45, 7) is 0. The lowest BCUT2D eigenvalue weighted by Crippen LogP contribution is -1.91. The number of nitrogens with one attached hydrogen (secondary N) is 1. The molecule has 0 aliphatic carbocycles. The van der Waals surface area contributed by atoms with Gasteiger partial charge in [0.1, 0.15) is 11.6 Å². The van der Waals surface area contributed by atoms with E-state index >= 15 is 0 Å². The van der Waals surface area contributed by atoms with Crippen LogP contribution in [0.4, 0.5) is 11.5 Å². The zero-order chi connectivity index (χ0) is 12.1. The first-order chi connectivity index (χ1) is 8.28. The van der Waals surface area contributed by atoms with Crippen LogP contribution in [0, 0.1) is 0 Å². The molecule has 0 aliphatic heterocycles. The average molecular weight is 247 g/mol. The van der Waals surface area contributed by atoms with E-state index in [4.69, 9.17) is 10.5 Å². The molecule has 0 atom stereocenters. The van der Waals surface area contributed by atoms with Crippen molar-refractivity contribution in [2.24, 2.45) is 0 Å². The molecule has 3 N–H and O–H groups in total. The van der Waals surface area contributed by atoms with E-state index in [2.05, 4.69) is 9.71 Å². The summed E-state index contributed by atoms with van der Waals surface area (Å²) in [5.41, 5.74) is 6.37. The van der Waals surface area contributed by atoms with Crippen molar-refractivity contribution < 1.29 is 4.74 Å². The van der Waals surface area contributed by atoms with E-state index in [0.717, 1.165) is 22.2 Å². The van der Waals surface area contributed by atoms with Crippen molar-refractivity contribution in [2.45, 2.75) is 4.90 Å². The van der Waals surface area contributed by atoms with E-state index in [-0.39, 0.29) is 0 Å². The standard InChI is InChI=1S/C12H13N3OS/c1-16-10-4-7-12(14-8-10)15-17-11-5-2-9(13)3-6-11/h2-8H,13H2,1H3,(H,14,15). The molecule has 0 saturated carbocycles. The van der Waals surface area contributed by atoms with Crippen LogP contribution in [0.15, 0.2) is 47.5 Å². The molecule has 0 spiro atoms. The lowest BCUT2D eigenvalue weighted by atomic mass is 10.3. The Morgan fingerprint density at radius 1 is 1.18 bits per heavy atom. The van der Waals surface area contributed by atoms with E-state index in [1.54, 1.807) is 13.3 Å². The molecule has 0 unspecified atom stereocenters. The summed E-state index contributed by atoms with van der Waals surface area (Å²) in [7, 11) is 1.62. The lowest BCUT2D eigenvalue weighted by molar-refractivity contribution is 0.413. The second-order valence-electron chi connectivity index (χ2n) is 3.36. The Morgan fingerprint density at radius 2 is 1.94 bits per heavy atom. The molecule has 1 aromatic carbocycles. The van der Waals surface area contributed by atoms with Gasteiger partial charge in [0.25, 0.3) is 0 Å². The maximum absolute atomic E-state index is 5.61. The molecular weight excluding hydrogens is 234 g/mol. The monoisotopic (exact) mass is 247 g/mol. The number of ether oxygens (including phenoxy) is 1. The highest BCUT2D eigenvalue weighted by Crippen LogP contribution is 2.21. The van der Waals surface area contributed by atoms with Gasteiger partial charge in [0.15, 0.2) is 0 Å². The molecule has 4 nitrogen and oxygen atoms in total. The molecule has 0 bridgehead atoms. The van der Waals surface area contributed by atoms with Crippen molar-refractivity contribution in [2.75, 3.05) is 17.6 Å². The summed E-state index contributed by atoms with van der Waals surface area (Å²) in [5, 5.41) is 0. The van der Waals surface area contributed by atoms with E-state index < -0.39 is 0 Å². The van der Waals surface area contributed by atoms with Crippen molar-refractivity contribution in [3.05, 3.63) is 42.6 Å². The number of methoxy groups -OCH3 is 1. The zero-order valence-electron chi connectivity index (χ0n) is 9.38. The predicted molar refractivity (Wildman–Crippen MR) is 71.1 cm³/mol. The Bertz CT molecular complexity index is 470. The van der Waals surface area contributed by atoms with Crippen LogP contribution in [0.5, 0.6) is 5.75 Å². The van der Waals surface area contributed by atoms with Gasteiger partial charge in [0.05, 0.1) is 13.3 Å². The number of nitrogens with two attached hydrogens (primary N) is 1. The third kappa shape index (κ3) is 3.29. The first-order valence-electron chi connectivity index (χ1n) is 5.06. The number of hydrogen-bond donors (Lipinski definition) is 2. The number of anilines is 2. The van der Waals surface area contributed by atoms with Gasteiger partial charge in [-0.05, 0) is 48.3 Å². The van der Waals surface area contributed by atoms with Crippen LogP contribution in [0.25, 0.3) is 0 Å². The van der Waals surface area contributed by atoms with Crippen LogP contribution in [0.2, 0.25) is 0 Å². The Labute approximate surface area is 104 Å². The third-order valence-electron chi connectivity index (χ3n) is 2.13. The average Bonchev–Trinajstić information content (AvgIpc) is 2.39. The second kappa shape index (κ2) is 5.45. The number of rotatable bonds is 4. The zero-order valence-corrected chi connectivity index (χ0v) is 10.2. The summed E-state index contributed by atoms with van der Waals surface area (Å²) < 4.78 is 8.18. The van der Waals surface area contributed by atoms with Gasteiger partial charge in [-0.25, -0.2) is 4.98 Å². The number of benzene rings is 1. The Kier molecular flexibility index (Phi) is 3.72. The second-order valence-corrected chi connectivity index (χ2v) is 4.24. The largest absolute Gasteiger partial charge is 0.495 e. The van der Waals surface area contributed by atoms with Gasteiger partial charge in [0.2, 0.25) is 0 Å². The molecular formula is C12H13N3OS. The molecule has 0 amide bonds. The normalized spacial score (nSPS) is 9.94. The number of pyridine rings is 1. The minimum atomic E-state index is 0.744. The molecule has 5 heteroatoms.